The van der Waals surface area contributed by atoms with Crippen molar-refractivity contribution in [3.63, 3.8) is 0 Å². The maximum atomic E-state index is 4.39. The average Bonchev–Trinajstić information content (AvgIpc) is 2.96. The van der Waals surface area contributed by atoms with Crippen LogP contribution >= 0.6 is 0 Å². The second-order valence-electron chi connectivity index (χ2n) is 5.30. The Kier molecular flexibility index (Phi) is 3.60. The fraction of sp³-hybridized carbons (Fsp3) is 0.467. The highest BCUT2D eigenvalue weighted by molar-refractivity contribution is 5.14. The number of likely N-dealkylation sites (tertiary alicyclic amines) is 1. The van der Waals surface area contributed by atoms with Crippen LogP contribution in [0.2, 0.25) is 0 Å². The molecule has 2 aromatic heterocycles. The van der Waals surface area contributed by atoms with Gasteiger partial charge in [0, 0.05) is 24.6 Å². The third-order valence-corrected chi connectivity index (χ3v) is 3.85. The van der Waals surface area contributed by atoms with Crippen molar-refractivity contribution in [2.75, 3.05) is 6.54 Å². The number of aryl methyl sites for hydroxylation is 1. The summed E-state index contributed by atoms with van der Waals surface area (Å²) in [6.45, 7) is 4.15. The smallest absolute Gasteiger partial charge is 0.0523 e. The van der Waals surface area contributed by atoms with E-state index in [2.05, 4.69) is 38.3 Å². The Morgan fingerprint density at radius 2 is 2.26 bits per heavy atom. The fourth-order valence-corrected chi connectivity index (χ4v) is 2.81. The second-order valence-corrected chi connectivity index (χ2v) is 5.30. The summed E-state index contributed by atoms with van der Waals surface area (Å²) in [5.74, 6) is 0. The number of hydrogen-bond acceptors (Lipinski definition) is 3. The van der Waals surface area contributed by atoms with Crippen LogP contribution in [0, 0.1) is 6.92 Å². The van der Waals surface area contributed by atoms with E-state index in [9.17, 15) is 0 Å². The molecular formula is C15H20N4. The minimum atomic E-state index is 0.470. The maximum absolute atomic E-state index is 4.39. The van der Waals surface area contributed by atoms with Gasteiger partial charge in [-0.3, -0.25) is 15.0 Å². The summed E-state index contributed by atoms with van der Waals surface area (Å²) in [5.41, 5.74) is 3.60. The first kappa shape index (κ1) is 12.4. The molecule has 1 N–H and O–H groups in total. The number of piperidine rings is 1. The predicted octanol–water partition coefficient (Wildman–Crippen LogP) is 2.84. The lowest BCUT2D eigenvalue weighted by Crippen LogP contribution is -2.33. The second kappa shape index (κ2) is 5.53. The van der Waals surface area contributed by atoms with Crippen LogP contribution in [-0.2, 0) is 6.54 Å². The van der Waals surface area contributed by atoms with Crippen LogP contribution in [0.1, 0.15) is 42.3 Å². The van der Waals surface area contributed by atoms with Gasteiger partial charge in [-0.15, -0.1) is 0 Å². The summed E-state index contributed by atoms with van der Waals surface area (Å²) in [7, 11) is 0. The number of nitrogens with one attached hydrogen (secondary N) is 1. The van der Waals surface area contributed by atoms with E-state index in [4.69, 9.17) is 0 Å². The third-order valence-electron chi connectivity index (χ3n) is 3.85. The van der Waals surface area contributed by atoms with Gasteiger partial charge in [-0.2, -0.15) is 5.10 Å². The zero-order valence-corrected chi connectivity index (χ0v) is 11.3. The van der Waals surface area contributed by atoms with E-state index in [0.29, 0.717) is 6.04 Å². The van der Waals surface area contributed by atoms with Crippen LogP contribution in [0.15, 0.2) is 30.6 Å². The quantitative estimate of drug-likeness (QED) is 0.918. The summed E-state index contributed by atoms with van der Waals surface area (Å²) >= 11 is 0. The lowest BCUT2D eigenvalue weighted by molar-refractivity contribution is 0.137. The van der Waals surface area contributed by atoms with Crippen molar-refractivity contribution in [3.8, 4) is 0 Å². The molecule has 100 valence electrons. The van der Waals surface area contributed by atoms with Crippen molar-refractivity contribution < 1.29 is 0 Å². The van der Waals surface area contributed by atoms with Crippen molar-refractivity contribution in [2.24, 2.45) is 0 Å². The Hall–Kier alpha value is -1.68. The number of pyridine rings is 1. The molecule has 1 atom stereocenters. The van der Waals surface area contributed by atoms with Gasteiger partial charge < -0.3 is 0 Å². The first-order valence-electron chi connectivity index (χ1n) is 6.98. The minimum Gasteiger partial charge on any atom is -0.290 e. The molecule has 0 spiro atoms. The molecule has 19 heavy (non-hydrogen) atoms. The Morgan fingerprint density at radius 3 is 3.00 bits per heavy atom. The zero-order chi connectivity index (χ0) is 13.1. The molecule has 1 saturated heterocycles. The molecule has 3 rings (SSSR count). The van der Waals surface area contributed by atoms with Gasteiger partial charge in [-0.05, 0) is 44.0 Å². The van der Waals surface area contributed by atoms with Crippen LogP contribution in [0.4, 0.5) is 0 Å². The summed E-state index contributed by atoms with van der Waals surface area (Å²) in [5, 5.41) is 7.21. The Labute approximate surface area is 113 Å². The number of rotatable bonds is 3. The molecule has 1 aliphatic rings. The number of aromatic nitrogens is 3. The molecule has 1 fully saturated rings. The van der Waals surface area contributed by atoms with Crippen LogP contribution < -0.4 is 0 Å². The summed E-state index contributed by atoms with van der Waals surface area (Å²) in [6, 6.07) is 6.83. The van der Waals surface area contributed by atoms with Crippen molar-refractivity contribution >= 4 is 0 Å². The molecule has 0 bridgehead atoms. The standard InChI is InChI=1S/C15H20N4/c1-12-5-6-13(10-16-12)11-19-9-3-2-4-15(19)14-7-8-17-18-14/h5-8,10,15H,2-4,9,11H2,1H3,(H,17,18)/t15-/m0/s1. The highest BCUT2D eigenvalue weighted by Crippen LogP contribution is 2.30. The van der Waals surface area contributed by atoms with Gasteiger partial charge in [0.2, 0.25) is 0 Å². The molecule has 0 amide bonds. The van der Waals surface area contributed by atoms with E-state index in [-0.39, 0.29) is 0 Å². The minimum absolute atomic E-state index is 0.470. The first-order chi connectivity index (χ1) is 9.33. The van der Waals surface area contributed by atoms with Crippen molar-refractivity contribution in [1.29, 1.82) is 0 Å². The van der Waals surface area contributed by atoms with E-state index in [1.54, 1.807) is 0 Å². The Bertz CT molecular complexity index is 503. The molecule has 0 aromatic carbocycles. The highest BCUT2D eigenvalue weighted by Gasteiger charge is 2.24. The highest BCUT2D eigenvalue weighted by atomic mass is 15.2. The van der Waals surface area contributed by atoms with Crippen molar-refractivity contribution in [2.45, 2.75) is 38.8 Å². The monoisotopic (exact) mass is 256 g/mol. The largest absolute Gasteiger partial charge is 0.290 e. The van der Waals surface area contributed by atoms with Crippen molar-refractivity contribution in [3.05, 3.63) is 47.5 Å². The van der Waals surface area contributed by atoms with Crippen LogP contribution in [-0.4, -0.2) is 26.6 Å². The number of hydrogen-bond donors (Lipinski definition) is 1. The average molecular weight is 256 g/mol. The lowest BCUT2D eigenvalue weighted by Gasteiger charge is -2.35. The number of aromatic amines is 1. The van der Waals surface area contributed by atoms with Gasteiger partial charge in [0.05, 0.1) is 11.7 Å². The fourth-order valence-electron chi connectivity index (χ4n) is 2.81. The van der Waals surface area contributed by atoms with Gasteiger partial charge >= 0.3 is 0 Å². The first-order valence-corrected chi connectivity index (χ1v) is 6.98. The number of nitrogens with zero attached hydrogens (tertiary/aromatic N) is 3. The van der Waals surface area contributed by atoms with Crippen LogP contribution in [0.25, 0.3) is 0 Å². The van der Waals surface area contributed by atoms with Gasteiger partial charge in [0.15, 0.2) is 0 Å². The van der Waals surface area contributed by atoms with Crippen molar-refractivity contribution in [1.82, 2.24) is 20.1 Å². The molecule has 0 radical (unpaired) electrons. The zero-order valence-electron chi connectivity index (χ0n) is 11.3. The Morgan fingerprint density at radius 1 is 1.32 bits per heavy atom. The van der Waals surface area contributed by atoms with Gasteiger partial charge in [-0.25, -0.2) is 0 Å². The van der Waals surface area contributed by atoms with Crippen LogP contribution in [0.3, 0.4) is 0 Å². The van der Waals surface area contributed by atoms with Gasteiger partial charge in [0.25, 0.3) is 0 Å². The van der Waals surface area contributed by atoms with E-state index in [0.717, 1.165) is 18.8 Å². The molecule has 0 saturated carbocycles. The molecule has 0 unspecified atom stereocenters. The molecule has 4 heteroatoms. The summed E-state index contributed by atoms with van der Waals surface area (Å²) in [4.78, 5) is 6.92. The predicted molar refractivity (Wildman–Crippen MR) is 74.6 cm³/mol. The van der Waals surface area contributed by atoms with E-state index >= 15 is 0 Å². The molecule has 3 heterocycles. The molecular weight excluding hydrogens is 236 g/mol. The normalized spacial score (nSPS) is 20.6. The lowest BCUT2D eigenvalue weighted by atomic mass is 9.99. The third kappa shape index (κ3) is 2.84. The van der Waals surface area contributed by atoms with E-state index in [1.807, 2.05) is 19.3 Å². The van der Waals surface area contributed by atoms with E-state index in [1.165, 1.54) is 30.5 Å². The summed E-state index contributed by atoms with van der Waals surface area (Å²) in [6.07, 6.45) is 7.63. The maximum Gasteiger partial charge on any atom is 0.0523 e. The topological polar surface area (TPSA) is 44.8 Å². The molecule has 0 aliphatic carbocycles. The van der Waals surface area contributed by atoms with Gasteiger partial charge in [0.1, 0.15) is 0 Å². The molecule has 1 aliphatic heterocycles. The number of H-pyrrole nitrogens is 1. The SMILES string of the molecule is Cc1ccc(CN2CCCC[C@H]2c2ccn[nH]2)cn1. The van der Waals surface area contributed by atoms with E-state index < -0.39 is 0 Å². The molecule has 2 aromatic rings. The summed E-state index contributed by atoms with van der Waals surface area (Å²) < 4.78 is 0. The molecule has 4 nitrogen and oxygen atoms in total. The van der Waals surface area contributed by atoms with Gasteiger partial charge in [-0.1, -0.05) is 12.5 Å². The Balaban J connectivity index is 1.75. The van der Waals surface area contributed by atoms with Crippen LogP contribution in [0.5, 0.6) is 0 Å².